The number of hydrogen-bond acceptors (Lipinski definition) is 2. The van der Waals surface area contributed by atoms with Gasteiger partial charge in [-0.1, -0.05) is 6.58 Å². The number of carbonyl (C=O) groups is 1. The maximum absolute atomic E-state index is 14.4. The maximum Gasteiger partial charge on any atom is 0.266 e. The van der Waals surface area contributed by atoms with Crippen LogP contribution in [-0.2, 0) is 4.79 Å². The predicted octanol–water partition coefficient (Wildman–Crippen LogP) is 4.33. The lowest BCUT2D eigenvalue weighted by Crippen LogP contribution is -2.37. The molecule has 150 valence electrons. The minimum absolute atomic E-state index is 0.0398. The molecule has 0 atom stereocenters. The zero-order valence-corrected chi connectivity index (χ0v) is 15.6. The number of rotatable bonds is 5. The third-order valence-electron chi connectivity index (χ3n) is 5.48. The number of nitrogens with one attached hydrogen (secondary N) is 2. The maximum atomic E-state index is 14.4. The summed E-state index contributed by atoms with van der Waals surface area (Å²) in [5.41, 5.74) is 7.73. The molecule has 0 saturated heterocycles. The van der Waals surface area contributed by atoms with Gasteiger partial charge in [-0.15, -0.1) is 0 Å². The van der Waals surface area contributed by atoms with Gasteiger partial charge >= 0.3 is 0 Å². The molecule has 1 aromatic heterocycles. The summed E-state index contributed by atoms with van der Waals surface area (Å²) < 4.78 is 41.6. The van der Waals surface area contributed by atoms with E-state index in [1.54, 1.807) is 12.1 Å². The Balaban J connectivity index is 1.66. The van der Waals surface area contributed by atoms with E-state index < -0.39 is 17.5 Å². The molecular formula is C22H20F3N3O. The number of nitrogens with two attached hydrogens (primary N) is 1. The van der Waals surface area contributed by atoms with Crippen LogP contribution < -0.4 is 11.1 Å². The highest BCUT2D eigenvalue weighted by Crippen LogP contribution is 2.48. The van der Waals surface area contributed by atoms with Crippen molar-refractivity contribution in [3.05, 3.63) is 71.7 Å². The first-order chi connectivity index (χ1) is 13.8. The van der Waals surface area contributed by atoms with Crippen molar-refractivity contribution < 1.29 is 18.0 Å². The van der Waals surface area contributed by atoms with Gasteiger partial charge < -0.3 is 16.0 Å². The average Bonchev–Trinajstić information content (AvgIpc) is 3.00. The second-order valence-electron chi connectivity index (χ2n) is 7.50. The van der Waals surface area contributed by atoms with E-state index in [4.69, 9.17) is 5.73 Å². The predicted molar refractivity (Wildman–Crippen MR) is 105 cm³/mol. The summed E-state index contributed by atoms with van der Waals surface area (Å²) in [7, 11) is 0. The Labute approximate surface area is 165 Å². The van der Waals surface area contributed by atoms with Crippen LogP contribution in [0.5, 0.6) is 0 Å². The Morgan fingerprint density at radius 3 is 2.48 bits per heavy atom. The van der Waals surface area contributed by atoms with E-state index in [2.05, 4.69) is 16.9 Å². The quantitative estimate of drug-likeness (QED) is 0.559. The molecule has 4 nitrogen and oxygen atoms in total. The highest BCUT2D eigenvalue weighted by atomic mass is 19.1. The van der Waals surface area contributed by atoms with Crippen molar-refractivity contribution in [2.45, 2.75) is 18.8 Å². The van der Waals surface area contributed by atoms with Crippen LogP contribution in [0.1, 0.15) is 24.3 Å². The number of H-pyrrole nitrogens is 1. The van der Waals surface area contributed by atoms with Gasteiger partial charge in [-0.2, -0.15) is 0 Å². The fourth-order valence-electron chi connectivity index (χ4n) is 4.00. The van der Waals surface area contributed by atoms with Gasteiger partial charge in [0, 0.05) is 18.0 Å². The monoisotopic (exact) mass is 399 g/mol. The number of benzene rings is 2. The van der Waals surface area contributed by atoms with Crippen molar-refractivity contribution in [2.24, 2.45) is 11.7 Å². The summed E-state index contributed by atoms with van der Waals surface area (Å²) in [6, 6.07) is 8.06. The topological polar surface area (TPSA) is 70.9 Å². The van der Waals surface area contributed by atoms with Crippen molar-refractivity contribution in [3.8, 4) is 11.3 Å². The molecule has 0 spiro atoms. The first kappa shape index (κ1) is 19.1. The molecule has 0 radical (unpaired) electrons. The Bertz CT molecular complexity index is 1100. The Hall–Kier alpha value is -3.22. The molecule has 1 heterocycles. The van der Waals surface area contributed by atoms with E-state index >= 15 is 0 Å². The molecule has 1 saturated carbocycles. The van der Waals surface area contributed by atoms with Crippen LogP contribution in [-0.4, -0.2) is 17.4 Å². The van der Waals surface area contributed by atoms with Crippen molar-refractivity contribution >= 4 is 16.8 Å². The smallest absolute Gasteiger partial charge is 0.266 e. The third-order valence-corrected chi connectivity index (χ3v) is 5.48. The number of amides is 1. The van der Waals surface area contributed by atoms with Gasteiger partial charge in [0.15, 0.2) is 0 Å². The Morgan fingerprint density at radius 2 is 1.83 bits per heavy atom. The minimum Gasteiger partial charge on any atom is -0.395 e. The average molecular weight is 399 g/mol. The van der Waals surface area contributed by atoms with Crippen molar-refractivity contribution in [1.82, 2.24) is 10.3 Å². The first-order valence-electron chi connectivity index (χ1n) is 9.32. The Morgan fingerprint density at radius 1 is 1.14 bits per heavy atom. The van der Waals surface area contributed by atoms with Crippen LogP contribution in [0, 0.1) is 23.4 Å². The molecule has 7 heteroatoms. The summed E-state index contributed by atoms with van der Waals surface area (Å²) >= 11 is 0. The molecule has 4 rings (SSSR count). The van der Waals surface area contributed by atoms with Gasteiger partial charge in [0.05, 0.1) is 16.9 Å². The van der Waals surface area contributed by atoms with E-state index in [9.17, 15) is 18.0 Å². The lowest BCUT2D eigenvalue weighted by atomic mass is 9.70. The van der Waals surface area contributed by atoms with Gasteiger partial charge in [0.25, 0.3) is 5.91 Å². The van der Waals surface area contributed by atoms with Crippen LogP contribution in [0.15, 0.2) is 48.7 Å². The number of aromatic nitrogens is 1. The van der Waals surface area contributed by atoms with Gasteiger partial charge in [0.2, 0.25) is 0 Å². The van der Waals surface area contributed by atoms with Gasteiger partial charge in [-0.05, 0) is 66.1 Å². The van der Waals surface area contributed by atoms with Gasteiger partial charge in [0.1, 0.15) is 17.5 Å². The molecule has 0 bridgehead atoms. The van der Waals surface area contributed by atoms with Gasteiger partial charge in [-0.3, -0.25) is 4.79 Å². The van der Waals surface area contributed by atoms with E-state index in [-0.39, 0.29) is 28.9 Å². The lowest BCUT2D eigenvalue weighted by molar-refractivity contribution is -0.117. The van der Waals surface area contributed by atoms with E-state index in [1.165, 1.54) is 18.2 Å². The standard InChI is InChI=1S/C22H20F3N3O/c1-11(26)22(29)27-10-12-6-14(7-12)19-17-8-16(24)9-18(25)21(17)28-20(19)13-2-4-15(23)5-3-13/h2-5,8-9,12,14,28H,1,6-7,10,26H2,(H,27,29). The number of halogens is 3. The number of aromatic amines is 1. The molecule has 1 fully saturated rings. The molecular weight excluding hydrogens is 379 g/mol. The molecule has 0 aliphatic heterocycles. The zero-order valence-electron chi connectivity index (χ0n) is 15.6. The minimum atomic E-state index is -0.667. The van der Waals surface area contributed by atoms with Crippen LogP contribution >= 0.6 is 0 Å². The Kier molecular flexibility index (Phi) is 4.82. The van der Waals surface area contributed by atoms with Crippen molar-refractivity contribution in [1.29, 1.82) is 0 Å². The summed E-state index contributed by atoms with van der Waals surface area (Å²) in [5.74, 6) is -1.79. The highest BCUT2D eigenvalue weighted by molar-refractivity contribution is 5.92. The van der Waals surface area contributed by atoms with Crippen molar-refractivity contribution in [3.63, 3.8) is 0 Å². The zero-order chi connectivity index (χ0) is 20.7. The molecule has 1 aliphatic rings. The van der Waals surface area contributed by atoms with Crippen LogP contribution in [0.4, 0.5) is 13.2 Å². The second-order valence-corrected chi connectivity index (χ2v) is 7.50. The molecule has 29 heavy (non-hydrogen) atoms. The molecule has 2 aromatic carbocycles. The highest BCUT2D eigenvalue weighted by Gasteiger charge is 2.34. The molecule has 1 amide bonds. The second kappa shape index (κ2) is 7.31. The largest absolute Gasteiger partial charge is 0.395 e. The SMILES string of the molecule is C=C(N)C(=O)NCC1CC(c2c(-c3ccc(F)cc3)[nH]c3c(F)cc(F)cc23)C1. The molecule has 1 aliphatic carbocycles. The van der Waals surface area contributed by atoms with Crippen LogP contribution in [0.2, 0.25) is 0 Å². The summed E-state index contributed by atoms with van der Waals surface area (Å²) in [6.45, 7) is 3.86. The number of hydrogen-bond donors (Lipinski definition) is 3. The molecule has 0 unspecified atom stereocenters. The fraction of sp³-hybridized carbons (Fsp3) is 0.227. The first-order valence-corrected chi connectivity index (χ1v) is 9.32. The van der Waals surface area contributed by atoms with Crippen LogP contribution in [0.25, 0.3) is 22.2 Å². The number of carbonyl (C=O) groups excluding carboxylic acids is 1. The lowest BCUT2D eigenvalue weighted by Gasteiger charge is -2.36. The number of fused-ring (bicyclic) bond motifs is 1. The fourth-order valence-corrected chi connectivity index (χ4v) is 4.00. The summed E-state index contributed by atoms with van der Waals surface area (Å²) in [5, 5.41) is 3.22. The van der Waals surface area contributed by atoms with E-state index in [0.29, 0.717) is 23.2 Å². The van der Waals surface area contributed by atoms with E-state index in [1.807, 2.05) is 0 Å². The van der Waals surface area contributed by atoms with Crippen LogP contribution in [0.3, 0.4) is 0 Å². The molecule has 4 N–H and O–H groups in total. The summed E-state index contributed by atoms with van der Waals surface area (Å²) in [4.78, 5) is 14.6. The van der Waals surface area contributed by atoms with Crippen molar-refractivity contribution in [2.75, 3.05) is 6.54 Å². The van der Waals surface area contributed by atoms with Gasteiger partial charge in [-0.25, -0.2) is 13.2 Å². The third kappa shape index (κ3) is 3.60. The summed E-state index contributed by atoms with van der Waals surface area (Å²) in [6.07, 6.45) is 1.49. The molecule has 3 aromatic rings. The normalized spacial score (nSPS) is 18.4. The van der Waals surface area contributed by atoms with E-state index in [0.717, 1.165) is 24.5 Å².